The van der Waals surface area contributed by atoms with Crippen LogP contribution in [0.1, 0.15) is 18.1 Å². The van der Waals surface area contributed by atoms with E-state index in [4.69, 9.17) is 0 Å². The molecular formula is C17H19NOS. The number of carbonyl (C=O) groups excluding carboxylic acids is 1. The summed E-state index contributed by atoms with van der Waals surface area (Å²) in [5.74, 6) is -0.0681. The predicted octanol–water partition coefficient (Wildman–Crippen LogP) is 3.73. The first-order valence-electron chi connectivity index (χ1n) is 6.81. The summed E-state index contributed by atoms with van der Waals surface area (Å²) < 4.78 is 0. The molecule has 1 unspecified atom stereocenters. The summed E-state index contributed by atoms with van der Waals surface area (Å²) in [6.07, 6.45) is 1.63. The van der Waals surface area contributed by atoms with Crippen molar-refractivity contribution >= 4 is 24.2 Å². The van der Waals surface area contributed by atoms with Crippen LogP contribution < -0.4 is 5.32 Å². The summed E-state index contributed by atoms with van der Waals surface area (Å²) in [4.78, 5) is 12.1. The van der Waals surface area contributed by atoms with Crippen LogP contribution in [0, 0.1) is 0 Å². The van der Waals surface area contributed by atoms with Crippen molar-refractivity contribution in [2.75, 3.05) is 5.32 Å². The smallest absolute Gasteiger partial charge is 0.237 e. The van der Waals surface area contributed by atoms with Crippen molar-refractivity contribution in [3.63, 3.8) is 0 Å². The Hall–Kier alpha value is -1.74. The first-order valence-corrected chi connectivity index (χ1v) is 7.32. The third kappa shape index (κ3) is 4.14. The van der Waals surface area contributed by atoms with Crippen LogP contribution in [-0.4, -0.2) is 11.2 Å². The van der Waals surface area contributed by atoms with E-state index in [1.54, 1.807) is 0 Å². The zero-order valence-electron chi connectivity index (χ0n) is 11.5. The topological polar surface area (TPSA) is 29.1 Å². The van der Waals surface area contributed by atoms with Crippen molar-refractivity contribution in [3.8, 4) is 0 Å². The molecule has 104 valence electrons. The van der Waals surface area contributed by atoms with Gasteiger partial charge in [-0.1, -0.05) is 49.4 Å². The number of nitrogens with one attached hydrogen (secondary N) is 1. The molecule has 1 amide bonds. The average molecular weight is 285 g/mol. The first-order chi connectivity index (χ1) is 9.69. The van der Waals surface area contributed by atoms with E-state index in [9.17, 15) is 4.79 Å². The highest BCUT2D eigenvalue weighted by molar-refractivity contribution is 7.81. The van der Waals surface area contributed by atoms with Gasteiger partial charge in [0, 0.05) is 5.69 Å². The van der Waals surface area contributed by atoms with E-state index < -0.39 is 0 Å². The molecule has 0 aliphatic heterocycles. The van der Waals surface area contributed by atoms with Gasteiger partial charge in [0.1, 0.15) is 0 Å². The fraction of sp³-hybridized carbons (Fsp3) is 0.235. The van der Waals surface area contributed by atoms with Crippen LogP contribution in [0.4, 0.5) is 5.69 Å². The van der Waals surface area contributed by atoms with Gasteiger partial charge in [0.15, 0.2) is 0 Å². The number of thiol groups is 1. The quantitative estimate of drug-likeness (QED) is 0.805. The van der Waals surface area contributed by atoms with Crippen molar-refractivity contribution < 1.29 is 4.79 Å². The average Bonchev–Trinajstić information content (AvgIpc) is 2.49. The molecule has 0 bridgehead atoms. The van der Waals surface area contributed by atoms with E-state index in [-0.39, 0.29) is 11.2 Å². The lowest BCUT2D eigenvalue weighted by Crippen LogP contribution is -2.25. The van der Waals surface area contributed by atoms with Gasteiger partial charge in [0.05, 0.1) is 5.25 Å². The highest BCUT2D eigenvalue weighted by Gasteiger charge is 2.14. The van der Waals surface area contributed by atoms with Crippen molar-refractivity contribution in [1.82, 2.24) is 0 Å². The zero-order chi connectivity index (χ0) is 14.4. The summed E-state index contributed by atoms with van der Waals surface area (Å²) in [5, 5.41) is 2.55. The SMILES string of the molecule is CCc1ccc(NC(=O)C(S)Cc2ccccc2)cc1. The van der Waals surface area contributed by atoms with Gasteiger partial charge >= 0.3 is 0 Å². The number of hydrogen-bond acceptors (Lipinski definition) is 2. The van der Waals surface area contributed by atoms with E-state index in [0.29, 0.717) is 6.42 Å². The van der Waals surface area contributed by atoms with Gasteiger partial charge in [0.2, 0.25) is 5.91 Å². The Morgan fingerprint density at radius 1 is 1.05 bits per heavy atom. The molecule has 0 saturated carbocycles. The van der Waals surface area contributed by atoms with Gasteiger partial charge in [0.25, 0.3) is 0 Å². The Labute approximate surface area is 125 Å². The Morgan fingerprint density at radius 2 is 1.70 bits per heavy atom. The summed E-state index contributed by atoms with van der Waals surface area (Å²) in [7, 11) is 0. The number of benzene rings is 2. The van der Waals surface area contributed by atoms with Gasteiger partial charge in [-0.25, -0.2) is 0 Å². The van der Waals surface area contributed by atoms with Gasteiger partial charge in [-0.15, -0.1) is 0 Å². The molecular weight excluding hydrogens is 266 g/mol. The van der Waals surface area contributed by atoms with Gasteiger partial charge < -0.3 is 5.32 Å². The second-order valence-electron chi connectivity index (χ2n) is 4.75. The Morgan fingerprint density at radius 3 is 2.30 bits per heavy atom. The van der Waals surface area contributed by atoms with E-state index in [1.807, 2.05) is 54.6 Å². The third-order valence-electron chi connectivity index (χ3n) is 3.20. The minimum Gasteiger partial charge on any atom is -0.325 e. The minimum absolute atomic E-state index is 0.0681. The maximum absolute atomic E-state index is 12.1. The molecule has 3 heteroatoms. The lowest BCUT2D eigenvalue weighted by atomic mass is 10.1. The van der Waals surface area contributed by atoms with E-state index in [0.717, 1.165) is 17.7 Å². The molecule has 20 heavy (non-hydrogen) atoms. The lowest BCUT2D eigenvalue weighted by Gasteiger charge is -2.12. The zero-order valence-corrected chi connectivity index (χ0v) is 12.4. The fourth-order valence-corrected chi connectivity index (χ4v) is 2.25. The monoisotopic (exact) mass is 285 g/mol. The van der Waals surface area contributed by atoms with Gasteiger partial charge in [-0.2, -0.15) is 12.6 Å². The van der Waals surface area contributed by atoms with Crippen LogP contribution in [0.5, 0.6) is 0 Å². The number of carbonyl (C=O) groups is 1. The van der Waals surface area contributed by atoms with Crippen molar-refractivity contribution in [2.45, 2.75) is 25.0 Å². The molecule has 1 N–H and O–H groups in total. The lowest BCUT2D eigenvalue weighted by molar-refractivity contribution is -0.115. The molecule has 0 spiro atoms. The van der Waals surface area contributed by atoms with Crippen molar-refractivity contribution in [1.29, 1.82) is 0 Å². The number of amides is 1. The molecule has 0 heterocycles. The highest BCUT2D eigenvalue weighted by Crippen LogP contribution is 2.13. The molecule has 0 aliphatic rings. The summed E-state index contributed by atoms with van der Waals surface area (Å²) in [5.41, 5.74) is 3.19. The minimum atomic E-state index is -0.344. The Kier molecular flexibility index (Phi) is 5.24. The van der Waals surface area contributed by atoms with Crippen LogP contribution in [0.25, 0.3) is 0 Å². The third-order valence-corrected chi connectivity index (χ3v) is 3.62. The summed E-state index contributed by atoms with van der Waals surface area (Å²) >= 11 is 4.39. The number of anilines is 1. The van der Waals surface area contributed by atoms with Crippen molar-refractivity contribution in [3.05, 3.63) is 65.7 Å². The molecule has 2 rings (SSSR count). The van der Waals surface area contributed by atoms with Crippen molar-refractivity contribution in [2.24, 2.45) is 0 Å². The number of hydrogen-bond donors (Lipinski definition) is 2. The molecule has 0 saturated heterocycles. The molecule has 2 aromatic carbocycles. The molecule has 2 aromatic rings. The largest absolute Gasteiger partial charge is 0.325 e. The maximum atomic E-state index is 12.1. The Balaban J connectivity index is 1.93. The Bertz CT molecular complexity index is 551. The predicted molar refractivity (Wildman–Crippen MR) is 87.4 cm³/mol. The van der Waals surface area contributed by atoms with Crippen LogP contribution in [0.2, 0.25) is 0 Å². The fourth-order valence-electron chi connectivity index (χ4n) is 1.98. The second-order valence-corrected chi connectivity index (χ2v) is 5.37. The maximum Gasteiger partial charge on any atom is 0.237 e. The number of rotatable bonds is 5. The van der Waals surface area contributed by atoms with E-state index in [2.05, 4.69) is 24.9 Å². The standard InChI is InChI=1S/C17H19NOS/c1-2-13-8-10-15(11-9-13)18-17(19)16(20)12-14-6-4-3-5-7-14/h3-11,16,20H,2,12H2,1H3,(H,18,19). The highest BCUT2D eigenvalue weighted by atomic mass is 32.1. The summed E-state index contributed by atoms with van der Waals surface area (Å²) in [6.45, 7) is 2.11. The van der Waals surface area contributed by atoms with Gasteiger partial charge in [-0.05, 0) is 36.1 Å². The van der Waals surface area contributed by atoms with Crippen LogP contribution in [0.15, 0.2) is 54.6 Å². The molecule has 0 aromatic heterocycles. The van der Waals surface area contributed by atoms with E-state index in [1.165, 1.54) is 5.56 Å². The second kappa shape index (κ2) is 7.15. The molecule has 0 aliphatic carbocycles. The molecule has 2 nitrogen and oxygen atoms in total. The van der Waals surface area contributed by atoms with Gasteiger partial charge in [-0.3, -0.25) is 4.79 Å². The number of aryl methyl sites for hydroxylation is 1. The summed E-state index contributed by atoms with van der Waals surface area (Å²) in [6, 6.07) is 17.8. The molecule has 0 radical (unpaired) electrons. The molecule has 1 atom stereocenters. The first kappa shape index (κ1) is 14.7. The normalized spacial score (nSPS) is 11.9. The van der Waals surface area contributed by atoms with Crippen LogP contribution >= 0.6 is 12.6 Å². The van der Waals surface area contributed by atoms with Crippen LogP contribution in [-0.2, 0) is 17.6 Å². The molecule has 0 fully saturated rings. The van der Waals surface area contributed by atoms with E-state index >= 15 is 0 Å². The van der Waals surface area contributed by atoms with Crippen LogP contribution in [0.3, 0.4) is 0 Å².